The molecule has 0 aliphatic carbocycles. The molecule has 144 valence electrons. The minimum Gasteiger partial charge on any atom is -0.341 e. The molecule has 0 saturated heterocycles. The van der Waals surface area contributed by atoms with Crippen LogP contribution in [0.3, 0.4) is 0 Å². The molecule has 2 amide bonds. The van der Waals surface area contributed by atoms with E-state index in [1.165, 1.54) is 45.4 Å². The normalized spacial score (nSPS) is 16.1. The molecule has 0 radical (unpaired) electrons. The molecule has 1 unspecified atom stereocenters. The molecule has 1 atom stereocenters. The van der Waals surface area contributed by atoms with Gasteiger partial charge in [0.05, 0.1) is 10.7 Å². The van der Waals surface area contributed by atoms with Crippen molar-refractivity contribution in [1.82, 2.24) is 5.32 Å². The number of amides is 2. The van der Waals surface area contributed by atoms with Crippen molar-refractivity contribution in [3.8, 4) is 0 Å². The molecule has 1 aromatic rings. The van der Waals surface area contributed by atoms with Crippen molar-refractivity contribution in [1.29, 1.82) is 0 Å². The van der Waals surface area contributed by atoms with E-state index in [2.05, 4.69) is 12.2 Å². The summed E-state index contributed by atoms with van der Waals surface area (Å²) in [6.07, 6.45) is 9.57. The zero-order valence-electron chi connectivity index (χ0n) is 15.6. The average Bonchev–Trinajstić information content (AvgIpc) is 2.87. The molecule has 4 nitrogen and oxygen atoms in total. The van der Waals surface area contributed by atoms with E-state index in [0.717, 1.165) is 12.8 Å². The second-order valence-electron chi connectivity index (χ2n) is 6.89. The number of unbranched alkanes of at least 4 members (excludes halogenated alkanes) is 7. The van der Waals surface area contributed by atoms with Crippen molar-refractivity contribution in [2.24, 2.45) is 0 Å². The fourth-order valence-corrected chi connectivity index (χ4v) is 3.99. The number of halogens is 2. The highest BCUT2D eigenvalue weighted by Crippen LogP contribution is 2.45. The quantitative estimate of drug-likeness (QED) is 0.516. The van der Waals surface area contributed by atoms with Gasteiger partial charge in [-0.3, -0.25) is 9.59 Å². The molecule has 0 spiro atoms. The van der Waals surface area contributed by atoms with Gasteiger partial charge in [0.1, 0.15) is 6.04 Å². The summed E-state index contributed by atoms with van der Waals surface area (Å²) in [4.78, 5) is 26.0. The van der Waals surface area contributed by atoms with E-state index in [-0.39, 0.29) is 11.8 Å². The summed E-state index contributed by atoms with van der Waals surface area (Å²) >= 11 is 12.7. The van der Waals surface area contributed by atoms with Crippen molar-refractivity contribution in [2.45, 2.75) is 71.3 Å². The number of rotatable bonds is 10. The van der Waals surface area contributed by atoms with Crippen molar-refractivity contribution in [3.05, 3.63) is 27.7 Å². The van der Waals surface area contributed by atoms with Crippen molar-refractivity contribution in [3.63, 3.8) is 0 Å². The minimum absolute atomic E-state index is 0.159. The topological polar surface area (TPSA) is 49.4 Å². The number of hydrogen-bond acceptors (Lipinski definition) is 2. The summed E-state index contributed by atoms with van der Waals surface area (Å²) in [5, 5.41) is 3.65. The van der Waals surface area contributed by atoms with E-state index < -0.39 is 6.04 Å². The van der Waals surface area contributed by atoms with Gasteiger partial charge in [-0.15, -0.1) is 0 Å². The summed E-state index contributed by atoms with van der Waals surface area (Å²) in [7, 11) is 0. The lowest BCUT2D eigenvalue weighted by Gasteiger charge is -2.19. The average molecular weight is 399 g/mol. The van der Waals surface area contributed by atoms with Crippen molar-refractivity contribution < 1.29 is 9.59 Å². The van der Waals surface area contributed by atoms with Crippen molar-refractivity contribution in [2.75, 3.05) is 11.4 Å². The number of carbonyl (C=O) groups excluding carboxylic acids is 2. The summed E-state index contributed by atoms with van der Waals surface area (Å²) in [5.41, 5.74) is 1.25. The Kier molecular flexibility index (Phi) is 8.23. The van der Waals surface area contributed by atoms with Gasteiger partial charge in [0.15, 0.2) is 0 Å². The predicted octanol–water partition coefficient (Wildman–Crippen LogP) is 5.66. The molecule has 1 aliphatic rings. The molecule has 2 rings (SSSR count). The van der Waals surface area contributed by atoms with Gasteiger partial charge in [0.25, 0.3) is 5.91 Å². The highest BCUT2D eigenvalue weighted by molar-refractivity contribution is 6.38. The number of fused-ring (bicyclic) bond motifs is 1. The van der Waals surface area contributed by atoms with Crippen LogP contribution < -0.4 is 10.2 Å². The van der Waals surface area contributed by atoms with Gasteiger partial charge >= 0.3 is 0 Å². The van der Waals surface area contributed by atoms with Gasteiger partial charge in [-0.05, 0) is 18.6 Å². The van der Waals surface area contributed by atoms with Crippen LogP contribution in [0.1, 0.15) is 76.8 Å². The Balaban J connectivity index is 1.98. The van der Waals surface area contributed by atoms with Crippen LogP contribution in [0.5, 0.6) is 0 Å². The second kappa shape index (κ2) is 10.2. The van der Waals surface area contributed by atoms with Crippen LogP contribution in [0, 0.1) is 0 Å². The first-order chi connectivity index (χ1) is 12.5. The molecular weight excluding hydrogens is 371 g/mol. The highest BCUT2D eigenvalue weighted by Gasteiger charge is 2.40. The maximum atomic E-state index is 12.8. The lowest BCUT2D eigenvalue weighted by atomic mass is 10.1. The Labute approximate surface area is 166 Å². The van der Waals surface area contributed by atoms with Gasteiger partial charge in [0.2, 0.25) is 5.91 Å². The van der Waals surface area contributed by atoms with Crippen LogP contribution >= 0.6 is 23.2 Å². The number of nitrogens with one attached hydrogen (secondary N) is 1. The third-order valence-corrected chi connectivity index (χ3v) is 5.40. The van der Waals surface area contributed by atoms with Gasteiger partial charge in [-0.25, -0.2) is 0 Å². The number of nitrogens with zero attached hydrogens (tertiary/aromatic N) is 1. The Hall–Kier alpha value is -1.26. The summed E-state index contributed by atoms with van der Waals surface area (Å²) < 4.78 is 0. The lowest BCUT2D eigenvalue weighted by Crippen LogP contribution is -2.37. The lowest BCUT2D eigenvalue weighted by molar-refractivity contribution is -0.126. The molecule has 0 bridgehead atoms. The SMILES string of the molecule is CCCCCCCCCCN1C(=O)C(NC(C)=O)c2c(Cl)ccc(Cl)c21. The fraction of sp³-hybridized carbons (Fsp3) is 0.600. The van der Waals surface area contributed by atoms with E-state index in [4.69, 9.17) is 23.2 Å². The summed E-state index contributed by atoms with van der Waals surface area (Å²) in [6.45, 7) is 4.21. The van der Waals surface area contributed by atoms with Crippen LogP contribution in [-0.2, 0) is 9.59 Å². The number of hydrogen-bond donors (Lipinski definition) is 1. The minimum atomic E-state index is -0.747. The molecule has 1 N–H and O–H groups in total. The first-order valence-electron chi connectivity index (χ1n) is 9.53. The molecule has 1 heterocycles. The maximum Gasteiger partial charge on any atom is 0.254 e. The zero-order valence-corrected chi connectivity index (χ0v) is 17.1. The van der Waals surface area contributed by atoms with E-state index in [1.54, 1.807) is 17.0 Å². The van der Waals surface area contributed by atoms with Crippen LogP contribution in [0.2, 0.25) is 10.0 Å². The van der Waals surface area contributed by atoms with Crippen LogP contribution in [0.25, 0.3) is 0 Å². The third-order valence-electron chi connectivity index (χ3n) is 4.77. The smallest absolute Gasteiger partial charge is 0.254 e. The van der Waals surface area contributed by atoms with Crippen LogP contribution in [0.4, 0.5) is 5.69 Å². The van der Waals surface area contributed by atoms with E-state index >= 15 is 0 Å². The Morgan fingerprint density at radius 1 is 1.04 bits per heavy atom. The Morgan fingerprint density at radius 2 is 1.62 bits per heavy atom. The largest absolute Gasteiger partial charge is 0.341 e. The van der Waals surface area contributed by atoms with Gasteiger partial charge in [-0.2, -0.15) is 0 Å². The van der Waals surface area contributed by atoms with E-state index in [1.807, 2.05) is 0 Å². The molecular formula is C20H28Cl2N2O2. The fourth-order valence-electron chi connectivity index (χ4n) is 3.46. The first kappa shape index (κ1) is 21.0. The third kappa shape index (κ3) is 5.14. The van der Waals surface area contributed by atoms with Gasteiger partial charge < -0.3 is 10.2 Å². The first-order valence-corrected chi connectivity index (χ1v) is 10.3. The van der Waals surface area contributed by atoms with Crippen molar-refractivity contribution >= 4 is 40.7 Å². The molecule has 6 heteroatoms. The second-order valence-corrected chi connectivity index (χ2v) is 7.70. The molecule has 0 aromatic heterocycles. The molecule has 0 fully saturated rings. The van der Waals surface area contributed by atoms with Gasteiger partial charge in [0, 0.05) is 24.1 Å². The molecule has 1 aromatic carbocycles. The summed E-state index contributed by atoms with van der Waals surface area (Å²) in [6, 6.07) is 2.63. The summed E-state index contributed by atoms with van der Waals surface area (Å²) in [5.74, 6) is -0.424. The number of benzene rings is 1. The monoisotopic (exact) mass is 398 g/mol. The maximum absolute atomic E-state index is 12.8. The van der Waals surface area contributed by atoms with Crippen LogP contribution in [0.15, 0.2) is 12.1 Å². The van der Waals surface area contributed by atoms with Crippen LogP contribution in [-0.4, -0.2) is 18.4 Å². The predicted molar refractivity (Wildman–Crippen MR) is 108 cm³/mol. The Morgan fingerprint density at radius 3 is 2.23 bits per heavy atom. The number of anilines is 1. The molecule has 26 heavy (non-hydrogen) atoms. The Bertz CT molecular complexity index is 649. The highest BCUT2D eigenvalue weighted by atomic mass is 35.5. The van der Waals surface area contributed by atoms with E-state index in [9.17, 15) is 9.59 Å². The van der Waals surface area contributed by atoms with Gasteiger partial charge in [-0.1, -0.05) is 75.1 Å². The number of carbonyl (C=O) groups is 2. The molecule has 0 saturated carbocycles. The van der Waals surface area contributed by atoms with E-state index in [0.29, 0.717) is 27.8 Å². The zero-order chi connectivity index (χ0) is 19.1. The molecule has 1 aliphatic heterocycles. The standard InChI is InChI=1S/C20H28Cl2N2O2/c1-3-4-5-6-7-8-9-10-13-24-19-16(22)12-11-15(21)17(19)18(20(24)26)23-14(2)25/h11-12,18H,3-10,13H2,1-2H3,(H,23,25).